The van der Waals surface area contributed by atoms with E-state index in [0.29, 0.717) is 32.0 Å². The summed E-state index contributed by atoms with van der Waals surface area (Å²) in [5.41, 5.74) is -1.34. The zero-order chi connectivity index (χ0) is 11.5. The molecule has 1 N–H and O–H groups in total. The third-order valence-corrected chi connectivity index (χ3v) is 2.79. The first-order valence-corrected chi connectivity index (χ1v) is 5.51. The van der Waals surface area contributed by atoms with Gasteiger partial charge in [0.25, 0.3) is 0 Å². The molecule has 1 aliphatic heterocycles. The molecule has 15 heavy (non-hydrogen) atoms. The van der Waals surface area contributed by atoms with Gasteiger partial charge in [0, 0.05) is 12.8 Å². The molecule has 1 aliphatic rings. The van der Waals surface area contributed by atoms with Crippen molar-refractivity contribution in [1.82, 2.24) is 0 Å². The summed E-state index contributed by atoms with van der Waals surface area (Å²) in [7, 11) is 0. The lowest BCUT2D eigenvalue weighted by molar-refractivity contribution is -0.182. The molecule has 0 bridgehead atoms. The van der Waals surface area contributed by atoms with E-state index in [4.69, 9.17) is 9.47 Å². The molecule has 0 aromatic rings. The van der Waals surface area contributed by atoms with E-state index in [1.807, 2.05) is 13.8 Å². The maximum absolute atomic E-state index is 11.6. The Bertz CT molecular complexity index is 227. The van der Waals surface area contributed by atoms with Crippen LogP contribution >= 0.6 is 0 Å². The molecule has 0 aromatic heterocycles. The summed E-state index contributed by atoms with van der Waals surface area (Å²) in [4.78, 5) is 11.6. The summed E-state index contributed by atoms with van der Waals surface area (Å²) in [5.74, 6) is -0.217. The molecule has 1 heterocycles. The molecule has 1 saturated heterocycles. The standard InChI is InChI=1S/C11H20O4/c1-4-14-10(12)11(13)5-6-15-9(7-11)8(2)3/h8-9,13H,4-7H2,1-3H3. The molecular weight excluding hydrogens is 196 g/mol. The lowest BCUT2D eigenvalue weighted by atomic mass is 9.86. The number of aliphatic hydroxyl groups is 1. The van der Waals surface area contributed by atoms with Gasteiger partial charge < -0.3 is 14.6 Å². The van der Waals surface area contributed by atoms with Crippen LogP contribution in [0.5, 0.6) is 0 Å². The molecule has 88 valence electrons. The van der Waals surface area contributed by atoms with Gasteiger partial charge in [0.15, 0.2) is 5.60 Å². The van der Waals surface area contributed by atoms with Gasteiger partial charge in [0.2, 0.25) is 0 Å². The number of carbonyl (C=O) groups excluding carboxylic acids is 1. The number of hydrogen-bond donors (Lipinski definition) is 1. The van der Waals surface area contributed by atoms with E-state index in [1.165, 1.54) is 0 Å². The normalized spacial score (nSPS) is 31.7. The van der Waals surface area contributed by atoms with Gasteiger partial charge in [-0.05, 0) is 12.8 Å². The van der Waals surface area contributed by atoms with E-state index in [0.717, 1.165) is 0 Å². The summed E-state index contributed by atoms with van der Waals surface area (Å²) in [6, 6.07) is 0. The van der Waals surface area contributed by atoms with Crippen molar-refractivity contribution >= 4 is 5.97 Å². The lowest BCUT2D eigenvalue weighted by Gasteiger charge is -2.36. The van der Waals surface area contributed by atoms with Gasteiger partial charge in [-0.25, -0.2) is 4.79 Å². The quantitative estimate of drug-likeness (QED) is 0.718. The fourth-order valence-corrected chi connectivity index (χ4v) is 1.75. The van der Waals surface area contributed by atoms with Crippen LogP contribution in [0.15, 0.2) is 0 Å². The smallest absolute Gasteiger partial charge is 0.338 e. The van der Waals surface area contributed by atoms with Crippen molar-refractivity contribution in [3.63, 3.8) is 0 Å². The molecule has 0 aliphatic carbocycles. The van der Waals surface area contributed by atoms with E-state index in [1.54, 1.807) is 6.92 Å². The summed E-state index contributed by atoms with van der Waals surface area (Å²) in [6.07, 6.45) is 0.603. The van der Waals surface area contributed by atoms with E-state index >= 15 is 0 Å². The Hall–Kier alpha value is -0.610. The molecule has 4 heteroatoms. The third kappa shape index (κ3) is 2.92. The van der Waals surface area contributed by atoms with Gasteiger partial charge >= 0.3 is 5.97 Å². The lowest BCUT2D eigenvalue weighted by Crippen LogP contribution is -2.49. The van der Waals surface area contributed by atoms with Crippen LogP contribution in [-0.2, 0) is 14.3 Å². The SMILES string of the molecule is CCOC(=O)C1(O)CCOC(C(C)C)C1. The van der Waals surface area contributed by atoms with Gasteiger partial charge in [0.05, 0.1) is 19.3 Å². The maximum Gasteiger partial charge on any atom is 0.338 e. The average molecular weight is 216 g/mol. The van der Waals surface area contributed by atoms with Gasteiger partial charge in [-0.2, -0.15) is 0 Å². The largest absolute Gasteiger partial charge is 0.464 e. The minimum Gasteiger partial charge on any atom is -0.464 e. The first-order chi connectivity index (χ1) is 6.99. The molecule has 2 atom stereocenters. The molecule has 0 aromatic carbocycles. The Balaban J connectivity index is 2.63. The van der Waals surface area contributed by atoms with Crippen LogP contribution in [-0.4, -0.2) is 36.0 Å². The first kappa shape index (κ1) is 12.5. The fourth-order valence-electron chi connectivity index (χ4n) is 1.75. The Morgan fingerprint density at radius 2 is 2.33 bits per heavy atom. The minimum absolute atomic E-state index is 0.0619. The van der Waals surface area contributed by atoms with E-state index in [2.05, 4.69) is 0 Å². The van der Waals surface area contributed by atoms with Crippen molar-refractivity contribution in [1.29, 1.82) is 0 Å². The number of hydrogen-bond acceptors (Lipinski definition) is 4. The molecule has 4 nitrogen and oxygen atoms in total. The second kappa shape index (κ2) is 4.94. The monoisotopic (exact) mass is 216 g/mol. The van der Waals surface area contributed by atoms with Crippen LogP contribution < -0.4 is 0 Å². The molecule has 0 spiro atoms. The maximum atomic E-state index is 11.6. The summed E-state index contributed by atoms with van der Waals surface area (Å²) in [6.45, 7) is 6.48. The zero-order valence-corrected chi connectivity index (χ0v) is 9.66. The molecular formula is C11H20O4. The number of carbonyl (C=O) groups is 1. The van der Waals surface area contributed by atoms with Gasteiger partial charge in [-0.15, -0.1) is 0 Å². The number of esters is 1. The molecule has 0 amide bonds. The Morgan fingerprint density at radius 1 is 1.67 bits per heavy atom. The number of ether oxygens (including phenoxy) is 2. The highest BCUT2D eigenvalue weighted by Gasteiger charge is 2.43. The second-order valence-electron chi connectivity index (χ2n) is 4.36. The van der Waals surface area contributed by atoms with Crippen molar-refractivity contribution in [3.05, 3.63) is 0 Å². The van der Waals surface area contributed by atoms with Crippen LogP contribution in [0.4, 0.5) is 0 Å². The molecule has 1 fully saturated rings. The molecule has 0 saturated carbocycles. The summed E-state index contributed by atoms with van der Waals surface area (Å²) in [5, 5.41) is 10.1. The predicted octanol–water partition coefficient (Wildman–Crippen LogP) is 1.12. The van der Waals surface area contributed by atoms with Gasteiger partial charge in [-0.3, -0.25) is 0 Å². The Kier molecular flexibility index (Phi) is 4.11. The molecule has 2 unspecified atom stereocenters. The highest BCUT2D eigenvalue weighted by atomic mass is 16.6. The van der Waals surface area contributed by atoms with E-state index in [9.17, 15) is 9.90 Å². The second-order valence-corrected chi connectivity index (χ2v) is 4.36. The van der Waals surface area contributed by atoms with Gasteiger partial charge in [-0.1, -0.05) is 13.8 Å². The fraction of sp³-hybridized carbons (Fsp3) is 0.909. The molecule has 0 radical (unpaired) electrons. The van der Waals surface area contributed by atoms with E-state index < -0.39 is 11.6 Å². The van der Waals surface area contributed by atoms with E-state index in [-0.39, 0.29) is 6.10 Å². The Labute approximate surface area is 90.6 Å². The van der Waals surface area contributed by atoms with Crippen LogP contribution in [0.3, 0.4) is 0 Å². The minimum atomic E-state index is -1.34. The number of rotatable bonds is 3. The van der Waals surface area contributed by atoms with Crippen molar-refractivity contribution in [2.75, 3.05) is 13.2 Å². The highest BCUT2D eigenvalue weighted by molar-refractivity contribution is 5.79. The Morgan fingerprint density at radius 3 is 2.87 bits per heavy atom. The predicted molar refractivity (Wildman–Crippen MR) is 55.4 cm³/mol. The molecule has 1 rings (SSSR count). The highest BCUT2D eigenvalue weighted by Crippen LogP contribution is 2.29. The van der Waals surface area contributed by atoms with Crippen LogP contribution in [0.2, 0.25) is 0 Å². The van der Waals surface area contributed by atoms with Gasteiger partial charge in [0.1, 0.15) is 0 Å². The third-order valence-electron chi connectivity index (χ3n) is 2.79. The van der Waals surface area contributed by atoms with Crippen LogP contribution in [0.25, 0.3) is 0 Å². The topological polar surface area (TPSA) is 55.8 Å². The first-order valence-electron chi connectivity index (χ1n) is 5.51. The zero-order valence-electron chi connectivity index (χ0n) is 9.66. The average Bonchev–Trinajstić information content (AvgIpc) is 2.18. The summed E-state index contributed by atoms with van der Waals surface area (Å²) >= 11 is 0. The van der Waals surface area contributed by atoms with Crippen molar-refractivity contribution in [2.24, 2.45) is 5.92 Å². The van der Waals surface area contributed by atoms with Crippen LogP contribution in [0.1, 0.15) is 33.6 Å². The van der Waals surface area contributed by atoms with Crippen molar-refractivity contribution in [2.45, 2.75) is 45.3 Å². The van der Waals surface area contributed by atoms with Crippen molar-refractivity contribution in [3.8, 4) is 0 Å². The van der Waals surface area contributed by atoms with Crippen LogP contribution in [0, 0.1) is 5.92 Å². The van der Waals surface area contributed by atoms with Crippen molar-refractivity contribution < 1.29 is 19.4 Å². The summed E-state index contributed by atoms with van der Waals surface area (Å²) < 4.78 is 10.4.